The SMILES string of the molecule is CC(=CCCOC(=O)CC#N)C(=O)O. The molecule has 0 aliphatic rings. The molecule has 0 aromatic rings. The van der Waals surface area contributed by atoms with Crippen molar-refractivity contribution in [3.63, 3.8) is 0 Å². The molecule has 0 rings (SSSR count). The number of carbonyl (C=O) groups is 2. The van der Waals surface area contributed by atoms with Crippen LogP contribution in [0.25, 0.3) is 0 Å². The van der Waals surface area contributed by atoms with Gasteiger partial charge in [0.15, 0.2) is 0 Å². The Bertz CT molecular complexity index is 288. The largest absolute Gasteiger partial charge is 0.478 e. The highest BCUT2D eigenvalue weighted by atomic mass is 16.5. The second-order valence-corrected chi connectivity index (χ2v) is 2.54. The lowest BCUT2D eigenvalue weighted by atomic mass is 10.2. The van der Waals surface area contributed by atoms with Crippen LogP contribution in [0.2, 0.25) is 0 Å². The molecule has 0 saturated carbocycles. The number of carbonyl (C=O) groups excluding carboxylic acids is 1. The van der Waals surface area contributed by atoms with Gasteiger partial charge in [-0.1, -0.05) is 6.08 Å². The fraction of sp³-hybridized carbons (Fsp3) is 0.444. The van der Waals surface area contributed by atoms with Crippen molar-refractivity contribution in [1.82, 2.24) is 0 Å². The normalized spacial score (nSPS) is 10.4. The van der Waals surface area contributed by atoms with E-state index in [0.717, 1.165) is 0 Å². The van der Waals surface area contributed by atoms with E-state index in [9.17, 15) is 9.59 Å². The molecule has 5 nitrogen and oxygen atoms in total. The average molecular weight is 197 g/mol. The lowest BCUT2D eigenvalue weighted by Gasteiger charge is -1.99. The number of nitrogens with zero attached hydrogens (tertiary/aromatic N) is 1. The van der Waals surface area contributed by atoms with Gasteiger partial charge in [0.05, 0.1) is 12.7 Å². The molecular weight excluding hydrogens is 186 g/mol. The molecule has 0 fully saturated rings. The van der Waals surface area contributed by atoms with Crippen LogP contribution in [-0.4, -0.2) is 23.7 Å². The molecule has 76 valence electrons. The molecule has 0 spiro atoms. The van der Waals surface area contributed by atoms with Crippen LogP contribution in [0.3, 0.4) is 0 Å². The molecule has 0 amide bonds. The quantitative estimate of drug-likeness (QED) is 0.401. The fourth-order valence-electron chi connectivity index (χ4n) is 0.651. The van der Waals surface area contributed by atoms with Crippen LogP contribution < -0.4 is 0 Å². The first-order chi connectivity index (χ1) is 6.57. The molecule has 0 unspecified atom stereocenters. The molecule has 1 N–H and O–H groups in total. The summed E-state index contributed by atoms with van der Waals surface area (Å²) in [6.07, 6.45) is 1.53. The van der Waals surface area contributed by atoms with Gasteiger partial charge in [-0.3, -0.25) is 4.79 Å². The van der Waals surface area contributed by atoms with E-state index in [0.29, 0.717) is 6.42 Å². The van der Waals surface area contributed by atoms with Gasteiger partial charge in [-0.15, -0.1) is 0 Å². The van der Waals surface area contributed by atoms with Crippen molar-refractivity contribution in [2.45, 2.75) is 19.8 Å². The Morgan fingerprint density at radius 3 is 2.71 bits per heavy atom. The molecule has 0 radical (unpaired) electrons. The third kappa shape index (κ3) is 5.77. The number of hydrogen-bond acceptors (Lipinski definition) is 4. The Morgan fingerprint density at radius 2 is 2.21 bits per heavy atom. The van der Waals surface area contributed by atoms with Gasteiger partial charge in [-0.05, 0) is 6.92 Å². The smallest absolute Gasteiger partial charge is 0.330 e. The van der Waals surface area contributed by atoms with E-state index >= 15 is 0 Å². The number of ether oxygens (including phenoxy) is 1. The van der Waals surface area contributed by atoms with Crippen molar-refractivity contribution < 1.29 is 19.4 Å². The Hall–Kier alpha value is -1.83. The minimum absolute atomic E-state index is 0.102. The molecule has 0 heterocycles. The van der Waals surface area contributed by atoms with Crippen LogP contribution in [0.15, 0.2) is 11.6 Å². The zero-order valence-corrected chi connectivity index (χ0v) is 7.82. The summed E-state index contributed by atoms with van der Waals surface area (Å²) in [5, 5.41) is 16.6. The second-order valence-electron chi connectivity index (χ2n) is 2.54. The molecule has 0 aromatic heterocycles. The van der Waals surface area contributed by atoms with E-state index in [2.05, 4.69) is 4.74 Å². The highest BCUT2D eigenvalue weighted by molar-refractivity contribution is 5.85. The number of nitriles is 1. The molecule has 0 saturated heterocycles. The average Bonchev–Trinajstić information content (AvgIpc) is 2.12. The molecule has 0 aliphatic carbocycles. The fourth-order valence-corrected chi connectivity index (χ4v) is 0.651. The van der Waals surface area contributed by atoms with E-state index < -0.39 is 11.9 Å². The minimum atomic E-state index is -0.992. The van der Waals surface area contributed by atoms with Crippen molar-refractivity contribution in [1.29, 1.82) is 5.26 Å². The van der Waals surface area contributed by atoms with E-state index in [1.807, 2.05) is 0 Å². The van der Waals surface area contributed by atoms with Gasteiger partial charge in [-0.25, -0.2) is 4.79 Å². The number of rotatable bonds is 5. The van der Waals surface area contributed by atoms with E-state index in [1.165, 1.54) is 13.0 Å². The highest BCUT2D eigenvalue weighted by Crippen LogP contribution is 1.96. The summed E-state index contributed by atoms with van der Waals surface area (Å²) in [4.78, 5) is 21.0. The first kappa shape index (κ1) is 12.2. The number of aliphatic carboxylic acids is 1. The lowest BCUT2D eigenvalue weighted by molar-refractivity contribution is -0.142. The summed E-state index contributed by atoms with van der Waals surface area (Å²) in [5.41, 5.74) is 0.210. The second kappa shape index (κ2) is 6.66. The zero-order valence-electron chi connectivity index (χ0n) is 7.82. The third-order valence-corrected chi connectivity index (χ3v) is 1.39. The van der Waals surface area contributed by atoms with Crippen molar-refractivity contribution >= 4 is 11.9 Å². The summed E-state index contributed by atoms with van der Waals surface area (Å²) in [6.45, 7) is 1.56. The van der Waals surface area contributed by atoms with Crippen LogP contribution in [0, 0.1) is 11.3 Å². The summed E-state index contributed by atoms with van der Waals surface area (Å²) in [6, 6.07) is 1.65. The first-order valence-corrected chi connectivity index (χ1v) is 4.00. The molecule has 5 heteroatoms. The first-order valence-electron chi connectivity index (χ1n) is 4.00. The summed E-state index contributed by atoms with van der Waals surface area (Å²) in [5.74, 6) is -1.58. The zero-order chi connectivity index (χ0) is 11.0. The van der Waals surface area contributed by atoms with Crippen LogP contribution >= 0.6 is 0 Å². The van der Waals surface area contributed by atoms with Crippen LogP contribution in [0.5, 0.6) is 0 Å². The Balaban J connectivity index is 3.67. The number of hydrogen-bond donors (Lipinski definition) is 1. The predicted octanol–water partition coefficient (Wildman–Crippen LogP) is 0.864. The standard InChI is InChI=1S/C9H11NO4/c1-7(9(12)13)3-2-6-14-8(11)4-5-10/h3H,2,4,6H2,1H3,(H,12,13). The topological polar surface area (TPSA) is 87.4 Å². The number of esters is 1. The summed E-state index contributed by atoms with van der Waals surface area (Å²) in [7, 11) is 0. The maximum Gasteiger partial charge on any atom is 0.330 e. The van der Waals surface area contributed by atoms with E-state index in [4.69, 9.17) is 10.4 Å². The third-order valence-electron chi connectivity index (χ3n) is 1.39. The molecule has 14 heavy (non-hydrogen) atoms. The Labute approximate surface area is 81.6 Å². The Morgan fingerprint density at radius 1 is 1.57 bits per heavy atom. The van der Waals surface area contributed by atoms with Gasteiger partial charge in [0.2, 0.25) is 0 Å². The van der Waals surface area contributed by atoms with Gasteiger partial charge in [0.25, 0.3) is 0 Å². The van der Waals surface area contributed by atoms with E-state index in [1.54, 1.807) is 6.07 Å². The molecular formula is C9H11NO4. The summed E-state index contributed by atoms with van der Waals surface area (Å²) >= 11 is 0. The van der Waals surface area contributed by atoms with Crippen molar-refractivity contribution in [2.75, 3.05) is 6.61 Å². The lowest BCUT2D eigenvalue weighted by Crippen LogP contribution is -2.04. The van der Waals surface area contributed by atoms with Gasteiger partial charge >= 0.3 is 11.9 Å². The summed E-state index contributed by atoms with van der Waals surface area (Å²) < 4.78 is 4.61. The Kier molecular flexibility index (Phi) is 5.79. The minimum Gasteiger partial charge on any atom is -0.478 e. The van der Waals surface area contributed by atoms with Gasteiger partial charge < -0.3 is 9.84 Å². The van der Waals surface area contributed by atoms with Crippen LogP contribution in [0.4, 0.5) is 0 Å². The monoisotopic (exact) mass is 197 g/mol. The van der Waals surface area contributed by atoms with Crippen molar-refractivity contribution in [3.8, 4) is 6.07 Å². The van der Waals surface area contributed by atoms with Gasteiger partial charge in [-0.2, -0.15) is 5.26 Å². The van der Waals surface area contributed by atoms with E-state index in [-0.39, 0.29) is 18.6 Å². The predicted molar refractivity (Wildman–Crippen MR) is 47.2 cm³/mol. The highest BCUT2D eigenvalue weighted by Gasteiger charge is 2.01. The van der Waals surface area contributed by atoms with Crippen molar-refractivity contribution in [3.05, 3.63) is 11.6 Å². The van der Waals surface area contributed by atoms with Gasteiger partial charge in [0.1, 0.15) is 6.42 Å². The molecule has 0 aliphatic heterocycles. The maximum atomic E-state index is 10.6. The maximum absolute atomic E-state index is 10.6. The van der Waals surface area contributed by atoms with Crippen LogP contribution in [0.1, 0.15) is 19.8 Å². The molecule has 0 aromatic carbocycles. The van der Waals surface area contributed by atoms with Crippen molar-refractivity contribution in [2.24, 2.45) is 0 Å². The molecule has 0 atom stereocenters. The molecule has 0 bridgehead atoms. The number of carboxylic acids is 1. The van der Waals surface area contributed by atoms with Gasteiger partial charge in [0, 0.05) is 12.0 Å². The van der Waals surface area contributed by atoms with Crippen LogP contribution in [-0.2, 0) is 14.3 Å². The number of carboxylic acid groups (broad SMARTS) is 1.